The maximum absolute atomic E-state index is 0. The van der Waals surface area contributed by atoms with E-state index in [1.54, 1.807) is 0 Å². The third-order valence-electron chi connectivity index (χ3n) is 0. The molecule has 0 saturated heterocycles. The zero-order chi connectivity index (χ0) is 0. The summed E-state index contributed by atoms with van der Waals surface area (Å²) in [7, 11) is 0. The molecule has 0 nitrogen and oxygen atoms in total. The van der Waals surface area contributed by atoms with E-state index in [-0.39, 0.29) is 369 Å². The van der Waals surface area contributed by atoms with Crippen LogP contribution in [0.1, 0.15) is 7.43 Å². The summed E-state index contributed by atoms with van der Waals surface area (Å²) < 4.78 is 0. The normalized spacial score (nSPS) is 0. The van der Waals surface area contributed by atoms with E-state index in [9.17, 15) is 0 Å². The molecule has 0 aromatic heterocycles. The Bertz CT molecular complexity index is 19.0. The summed E-state index contributed by atoms with van der Waals surface area (Å²) in [4.78, 5) is 0. The van der Waals surface area contributed by atoms with Crippen LogP contribution in [-0.4, -0.2) is 0 Å². The fourth-order valence-electron chi connectivity index (χ4n) is 0. The first-order valence-electron chi connectivity index (χ1n) is 0. The first-order chi connectivity index (χ1) is 0. The average Bonchev–Trinajstić information content (AvgIpc) is 0. The molecule has 0 aliphatic rings. The molecule has 107 valence electrons. The van der Waals surface area contributed by atoms with Gasteiger partial charge in [-0.15, -0.1) is 0 Å². The van der Waals surface area contributed by atoms with Crippen LogP contribution in [0.15, 0.2) is 0 Å². The number of rotatable bonds is 0. The largest absolute Gasteiger partial charge is 0.358 e. The molecule has 0 N–H and O–H groups in total. The van der Waals surface area contributed by atoms with Gasteiger partial charge in [0, 0.05) is 294 Å². The fourth-order valence-corrected chi connectivity index (χ4v) is 0. The van der Waals surface area contributed by atoms with Crippen molar-refractivity contribution in [3.63, 3.8) is 0 Å². The molecule has 0 unspecified atom stereocenters. The molecule has 19 heavy (non-hydrogen) atoms. The van der Waals surface area contributed by atoms with E-state index in [4.69, 9.17) is 0 Å². The Morgan fingerprint density at radius 3 is 0.158 bits per heavy atom. The third kappa shape index (κ3) is 190. The van der Waals surface area contributed by atoms with E-state index in [2.05, 4.69) is 0 Å². The standard InChI is InChI=1S/CH4.9CH3.9Y/h1H4;9*1H3;;;;;;;;;/q;9*-1;;;;;;;;;. The van der Waals surface area contributed by atoms with Gasteiger partial charge in [-0.25, -0.2) is 0 Å². The fraction of sp³-hybridized carbons (Fsp3) is 0.100. The van der Waals surface area contributed by atoms with E-state index in [1.165, 1.54) is 0 Å². The second-order valence-electron chi connectivity index (χ2n) is 0. The van der Waals surface area contributed by atoms with E-state index >= 15 is 0 Å². The van der Waals surface area contributed by atoms with Gasteiger partial charge < -0.3 is 66.8 Å². The zero-order valence-corrected chi connectivity index (χ0v) is 39.7. The van der Waals surface area contributed by atoms with Gasteiger partial charge in [-0.2, -0.15) is 0 Å². The molecule has 0 amide bonds. The van der Waals surface area contributed by atoms with Crippen LogP contribution in [0.5, 0.6) is 0 Å². The molecule has 0 spiro atoms. The first kappa shape index (κ1) is 229. The monoisotopic (exact) mass is 951 g/mol. The van der Waals surface area contributed by atoms with Gasteiger partial charge in [-0.3, -0.25) is 0 Å². The van der Waals surface area contributed by atoms with Crippen LogP contribution in [0.3, 0.4) is 0 Å². The smallest absolute Gasteiger partial charge is 0 e. The molecule has 0 fully saturated rings. The van der Waals surface area contributed by atoms with Gasteiger partial charge in [0.05, 0.1) is 0 Å². The molecule has 0 atom stereocenters. The van der Waals surface area contributed by atoms with Gasteiger partial charge in [0.25, 0.3) is 0 Å². The minimum atomic E-state index is 0. The Hall–Kier alpha value is 9.94. The van der Waals surface area contributed by atoms with Crippen LogP contribution in [0.2, 0.25) is 0 Å². The van der Waals surface area contributed by atoms with Crippen molar-refractivity contribution in [3.8, 4) is 0 Å². The van der Waals surface area contributed by atoms with E-state index in [0.29, 0.717) is 0 Å². The predicted molar refractivity (Wildman–Crippen MR) is 64.5 cm³/mol. The van der Waals surface area contributed by atoms with Crippen molar-refractivity contribution in [2.75, 3.05) is 0 Å². The Labute approximate surface area is 358 Å². The van der Waals surface area contributed by atoms with Crippen molar-refractivity contribution in [1.29, 1.82) is 0 Å². The summed E-state index contributed by atoms with van der Waals surface area (Å²) in [6, 6.07) is 0. The zero-order valence-electron chi connectivity index (χ0n) is 14.2. The SMILES string of the molecule is C.[CH3-].[CH3-].[CH3-].[CH3-].[CH3-].[CH3-].[CH3-].[CH3-].[CH3-].[Y].[Y].[Y].[Y].[Y].[Y].[Y].[Y].[Y]. The molecule has 9 heteroatoms. The second kappa shape index (κ2) is 205. The third-order valence-corrected chi connectivity index (χ3v) is 0. The van der Waals surface area contributed by atoms with Crippen LogP contribution in [0, 0.1) is 66.8 Å². The molecule has 0 aromatic carbocycles. The van der Waals surface area contributed by atoms with E-state index in [1.807, 2.05) is 0 Å². The molecule has 0 heterocycles. The topological polar surface area (TPSA) is 0 Å². The molecule has 0 bridgehead atoms. The predicted octanol–water partition coefficient (Wildman–Crippen LogP) is 4.67. The molecular weight excluding hydrogens is 920 g/mol. The molecule has 0 aliphatic carbocycles. The Balaban J connectivity index is 0. The van der Waals surface area contributed by atoms with Gasteiger partial charge in [-0.1, -0.05) is 7.43 Å². The summed E-state index contributed by atoms with van der Waals surface area (Å²) in [6.07, 6.45) is 0. The molecule has 0 aliphatic heterocycles. The summed E-state index contributed by atoms with van der Waals surface area (Å²) in [5.41, 5.74) is 0. The summed E-state index contributed by atoms with van der Waals surface area (Å²) in [5, 5.41) is 0. The molecule has 0 aromatic rings. The number of hydrogen-bond acceptors (Lipinski definition) is 0. The van der Waals surface area contributed by atoms with Gasteiger partial charge in [-0.05, 0) is 0 Å². The minimum Gasteiger partial charge on any atom is -0.358 e. The van der Waals surface area contributed by atoms with Crippen LogP contribution < -0.4 is 0 Å². The maximum Gasteiger partial charge on any atom is 0 e. The summed E-state index contributed by atoms with van der Waals surface area (Å²) in [5.74, 6) is 0. The Kier molecular flexibility index (Phi) is 2470. The summed E-state index contributed by atoms with van der Waals surface area (Å²) in [6.45, 7) is 0. The molecule has 9 radical (unpaired) electrons. The second-order valence-corrected chi connectivity index (χ2v) is 0. The quantitative estimate of drug-likeness (QED) is 0.311. The molecule has 0 saturated carbocycles. The van der Waals surface area contributed by atoms with Gasteiger partial charge in [0.1, 0.15) is 0 Å². The van der Waals surface area contributed by atoms with Crippen molar-refractivity contribution in [2.45, 2.75) is 7.43 Å². The molecular formula is C10H31Y9-9. The van der Waals surface area contributed by atoms with Crippen molar-refractivity contribution >= 4 is 0 Å². The van der Waals surface area contributed by atoms with Crippen LogP contribution in [0.4, 0.5) is 0 Å². The van der Waals surface area contributed by atoms with Crippen molar-refractivity contribution in [1.82, 2.24) is 0 Å². The van der Waals surface area contributed by atoms with Gasteiger partial charge in [0.2, 0.25) is 0 Å². The van der Waals surface area contributed by atoms with E-state index in [0.717, 1.165) is 0 Å². The summed E-state index contributed by atoms with van der Waals surface area (Å²) >= 11 is 0. The first-order valence-corrected chi connectivity index (χ1v) is 0. The van der Waals surface area contributed by atoms with Crippen molar-refractivity contribution < 1.29 is 294 Å². The minimum absolute atomic E-state index is 0. The average molecular weight is 952 g/mol. The Morgan fingerprint density at radius 1 is 0.158 bits per heavy atom. The van der Waals surface area contributed by atoms with Crippen LogP contribution in [-0.2, 0) is 294 Å². The maximum atomic E-state index is 0. The van der Waals surface area contributed by atoms with Gasteiger partial charge in [0.15, 0.2) is 0 Å². The Morgan fingerprint density at radius 2 is 0.158 bits per heavy atom. The van der Waals surface area contributed by atoms with Gasteiger partial charge >= 0.3 is 0 Å². The van der Waals surface area contributed by atoms with Crippen LogP contribution in [0.25, 0.3) is 0 Å². The molecule has 0 rings (SSSR count). The van der Waals surface area contributed by atoms with Crippen LogP contribution >= 0.6 is 0 Å². The number of hydrogen-bond donors (Lipinski definition) is 0. The van der Waals surface area contributed by atoms with Crippen molar-refractivity contribution in [3.05, 3.63) is 66.8 Å². The van der Waals surface area contributed by atoms with E-state index < -0.39 is 0 Å². The van der Waals surface area contributed by atoms with Crippen molar-refractivity contribution in [2.24, 2.45) is 0 Å².